The van der Waals surface area contributed by atoms with Gasteiger partial charge in [0.1, 0.15) is 23.4 Å². The van der Waals surface area contributed by atoms with Crippen LogP contribution < -0.4 is 10.6 Å². The predicted molar refractivity (Wildman–Crippen MR) is 149 cm³/mol. The van der Waals surface area contributed by atoms with Crippen LogP contribution in [0.25, 0.3) is 0 Å². The molecule has 0 spiro atoms. The second kappa shape index (κ2) is 13.3. The Balaban J connectivity index is 2.57. The molecular weight excluding hydrogens is 482 g/mol. The zero-order chi connectivity index (χ0) is 28.6. The van der Waals surface area contributed by atoms with Crippen molar-refractivity contribution in [3.63, 3.8) is 0 Å². The van der Waals surface area contributed by atoms with E-state index < -0.39 is 29.7 Å². The van der Waals surface area contributed by atoms with Crippen molar-refractivity contribution < 1.29 is 24.2 Å². The Bertz CT molecular complexity index is 1070. The van der Waals surface area contributed by atoms with Gasteiger partial charge in [0.15, 0.2) is 0 Å². The fourth-order valence-electron chi connectivity index (χ4n) is 4.04. The maximum Gasteiger partial charge on any atom is 0.408 e. The van der Waals surface area contributed by atoms with Gasteiger partial charge in [-0.25, -0.2) is 4.79 Å². The summed E-state index contributed by atoms with van der Waals surface area (Å²) in [6.45, 7) is 14.8. The summed E-state index contributed by atoms with van der Waals surface area (Å²) < 4.78 is 5.46. The minimum atomic E-state index is -1.01. The molecule has 208 valence electrons. The number of carbonyl (C=O) groups is 3. The first kappa shape index (κ1) is 30.7. The standard InChI is InChI=1S/C30H43N3O5/c1-9-21(5)33(26(27(35)31-19(2)3)23-14-10-20(4)11-15-23)28(36)25(32-29(37)38-30(6,7)8)18-22-12-16-24(34)17-13-22/h10-17,19,21,25-26,34H,9,18H2,1-8H3,(H,31,35)(H,32,37). The van der Waals surface area contributed by atoms with E-state index in [4.69, 9.17) is 4.74 Å². The number of rotatable bonds is 10. The normalized spacial score (nSPS) is 13.8. The Labute approximate surface area is 226 Å². The maximum atomic E-state index is 14.3. The number of alkyl carbamates (subject to hydrolysis) is 1. The van der Waals surface area contributed by atoms with Crippen molar-refractivity contribution in [2.75, 3.05) is 0 Å². The SMILES string of the molecule is CCC(C)N(C(=O)C(Cc1ccc(O)cc1)NC(=O)OC(C)(C)C)C(C(=O)NC(C)C)c1ccc(C)cc1. The molecule has 3 amide bonds. The van der Waals surface area contributed by atoms with Gasteiger partial charge in [-0.1, -0.05) is 48.9 Å². The topological polar surface area (TPSA) is 108 Å². The fraction of sp³-hybridized carbons (Fsp3) is 0.500. The third kappa shape index (κ3) is 9.08. The molecule has 0 heterocycles. The van der Waals surface area contributed by atoms with Crippen LogP contribution in [0, 0.1) is 6.92 Å². The molecule has 0 fully saturated rings. The Morgan fingerprint density at radius 2 is 1.53 bits per heavy atom. The van der Waals surface area contributed by atoms with E-state index in [-0.39, 0.29) is 30.2 Å². The molecular formula is C30H43N3O5. The van der Waals surface area contributed by atoms with Crippen LogP contribution in [0.2, 0.25) is 0 Å². The third-order valence-electron chi connectivity index (χ3n) is 6.04. The number of phenolic OH excluding ortho intramolecular Hbond substituents is 1. The van der Waals surface area contributed by atoms with Gasteiger partial charge in [0.25, 0.3) is 0 Å². The maximum absolute atomic E-state index is 14.3. The Morgan fingerprint density at radius 1 is 0.947 bits per heavy atom. The molecule has 0 aliphatic heterocycles. The first-order valence-corrected chi connectivity index (χ1v) is 13.2. The average molecular weight is 526 g/mol. The van der Waals surface area contributed by atoms with Crippen molar-refractivity contribution in [2.24, 2.45) is 0 Å². The molecule has 2 aromatic rings. The summed E-state index contributed by atoms with van der Waals surface area (Å²) in [6, 6.07) is 11.7. The van der Waals surface area contributed by atoms with Gasteiger partial charge >= 0.3 is 6.09 Å². The number of nitrogens with one attached hydrogen (secondary N) is 2. The highest BCUT2D eigenvalue weighted by molar-refractivity contribution is 5.92. The highest BCUT2D eigenvalue weighted by Gasteiger charge is 2.38. The monoisotopic (exact) mass is 525 g/mol. The van der Waals surface area contributed by atoms with Crippen LogP contribution in [-0.2, 0) is 20.7 Å². The first-order chi connectivity index (χ1) is 17.7. The summed E-state index contributed by atoms with van der Waals surface area (Å²) in [4.78, 5) is 42.3. The van der Waals surface area contributed by atoms with Crippen LogP contribution >= 0.6 is 0 Å². The predicted octanol–water partition coefficient (Wildman–Crippen LogP) is 5.03. The fourth-order valence-corrected chi connectivity index (χ4v) is 4.04. The number of nitrogens with zero attached hydrogens (tertiary/aromatic N) is 1. The van der Waals surface area contributed by atoms with E-state index >= 15 is 0 Å². The lowest BCUT2D eigenvalue weighted by atomic mass is 9.97. The number of hydrogen-bond donors (Lipinski definition) is 3. The number of aryl methyl sites for hydroxylation is 1. The molecule has 8 nitrogen and oxygen atoms in total. The molecule has 0 saturated heterocycles. The number of aromatic hydroxyl groups is 1. The summed E-state index contributed by atoms with van der Waals surface area (Å²) >= 11 is 0. The molecule has 2 rings (SSSR count). The second-order valence-corrected chi connectivity index (χ2v) is 11.0. The van der Waals surface area contributed by atoms with Crippen molar-refractivity contribution >= 4 is 17.9 Å². The molecule has 3 unspecified atom stereocenters. The Hall–Kier alpha value is -3.55. The Kier molecular flexibility index (Phi) is 10.7. The second-order valence-electron chi connectivity index (χ2n) is 11.0. The summed E-state index contributed by atoms with van der Waals surface area (Å²) in [5, 5.41) is 15.4. The van der Waals surface area contributed by atoms with Gasteiger partial charge in [-0.3, -0.25) is 9.59 Å². The van der Waals surface area contributed by atoms with Crippen molar-refractivity contribution in [1.82, 2.24) is 15.5 Å². The summed E-state index contributed by atoms with van der Waals surface area (Å²) in [5.41, 5.74) is 1.70. The molecule has 0 radical (unpaired) electrons. The number of hydrogen-bond acceptors (Lipinski definition) is 5. The van der Waals surface area contributed by atoms with E-state index in [1.165, 1.54) is 12.1 Å². The zero-order valence-electron chi connectivity index (χ0n) is 23.9. The van der Waals surface area contributed by atoms with E-state index in [2.05, 4.69) is 10.6 Å². The molecule has 8 heteroatoms. The van der Waals surface area contributed by atoms with E-state index in [1.54, 1.807) is 37.8 Å². The highest BCUT2D eigenvalue weighted by atomic mass is 16.6. The lowest BCUT2D eigenvalue weighted by Crippen LogP contribution is -2.56. The molecule has 0 aromatic heterocycles. The van der Waals surface area contributed by atoms with Gasteiger partial charge < -0.3 is 25.4 Å². The van der Waals surface area contributed by atoms with Crippen molar-refractivity contribution in [3.8, 4) is 5.75 Å². The van der Waals surface area contributed by atoms with Crippen LogP contribution in [0.4, 0.5) is 4.79 Å². The van der Waals surface area contributed by atoms with E-state index in [1.807, 2.05) is 58.9 Å². The van der Waals surface area contributed by atoms with Crippen molar-refractivity contribution in [2.45, 2.75) is 98.0 Å². The van der Waals surface area contributed by atoms with Crippen LogP contribution in [0.1, 0.15) is 77.6 Å². The lowest BCUT2D eigenvalue weighted by Gasteiger charge is -2.38. The van der Waals surface area contributed by atoms with Gasteiger partial charge in [0.05, 0.1) is 0 Å². The molecule has 38 heavy (non-hydrogen) atoms. The number of amides is 3. The third-order valence-corrected chi connectivity index (χ3v) is 6.04. The molecule has 3 atom stereocenters. The minimum absolute atomic E-state index is 0.0998. The zero-order valence-corrected chi connectivity index (χ0v) is 23.9. The molecule has 2 aromatic carbocycles. The molecule has 0 aliphatic rings. The van der Waals surface area contributed by atoms with Crippen molar-refractivity contribution in [1.29, 1.82) is 0 Å². The average Bonchev–Trinajstić information content (AvgIpc) is 2.81. The molecule has 0 aliphatic carbocycles. The number of ether oxygens (including phenoxy) is 1. The van der Waals surface area contributed by atoms with Gasteiger partial charge in [0, 0.05) is 18.5 Å². The number of benzene rings is 2. The summed E-state index contributed by atoms with van der Waals surface area (Å²) in [5.74, 6) is -0.594. The highest BCUT2D eigenvalue weighted by Crippen LogP contribution is 2.27. The lowest BCUT2D eigenvalue weighted by molar-refractivity contribution is -0.145. The van der Waals surface area contributed by atoms with Crippen LogP contribution in [0.5, 0.6) is 5.75 Å². The summed E-state index contributed by atoms with van der Waals surface area (Å²) in [6.07, 6.45) is 0.0244. The smallest absolute Gasteiger partial charge is 0.408 e. The minimum Gasteiger partial charge on any atom is -0.508 e. The molecule has 3 N–H and O–H groups in total. The Morgan fingerprint density at radius 3 is 2.03 bits per heavy atom. The van der Waals surface area contributed by atoms with E-state index in [0.29, 0.717) is 12.0 Å². The van der Waals surface area contributed by atoms with Gasteiger partial charge in [-0.05, 0) is 78.1 Å². The van der Waals surface area contributed by atoms with Crippen LogP contribution in [0.15, 0.2) is 48.5 Å². The van der Waals surface area contributed by atoms with Crippen LogP contribution in [-0.4, -0.2) is 51.6 Å². The molecule has 0 saturated carbocycles. The number of carbonyl (C=O) groups excluding carboxylic acids is 3. The van der Waals surface area contributed by atoms with Gasteiger partial charge in [0.2, 0.25) is 11.8 Å². The number of phenols is 1. The van der Waals surface area contributed by atoms with E-state index in [0.717, 1.165) is 11.1 Å². The van der Waals surface area contributed by atoms with Gasteiger partial charge in [-0.15, -0.1) is 0 Å². The first-order valence-electron chi connectivity index (χ1n) is 13.2. The summed E-state index contributed by atoms with van der Waals surface area (Å²) in [7, 11) is 0. The quantitative estimate of drug-likeness (QED) is 0.403. The largest absolute Gasteiger partial charge is 0.508 e. The van der Waals surface area contributed by atoms with Crippen molar-refractivity contribution in [3.05, 3.63) is 65.2 Å². The van der Waals surface area contributed by atoms with Crippen LogP contribution in [0.3, 0.4) is 0 Å². The molecule has 0 bridgehead atoms. The van der Waals surface area contributed by atoms with E-state index in [9.17, 15) is 19.5 Å². The van der Waals surface area contributed by atoms with Gasteiger partial charge in [-0.2, -0.15) is 0 Å².